The maximum atomic E-state index is 14.2. The largest absolute Gasteiger partial charge is 0.484 e. The van der Waals surface area contributed by atoms with E-state index in [9.17, 15) is 18.0 Å². The minimum Gasteiger partial charge on any atom is -0.484 e. The molecule has 2 aliphatic rings. The highest BCUT2D eigenvalue weighted by Crippen LogP contribution is 2.43. The number of imidazole rings is 1. The van der Waals surface area contributed by atoms with Gasteiger partial charge < -0.3 is 9.30 Å². The monoisotopic (exact) mass is 556 g/mol. The molecule has 12 heteroatoms. The first kappa shape index (κ1) is 25.8. The van der Waals surface area contributed by atoms with Crippen molar-refractivity contribution in [3.8, 4) is 5.69 Å². The lowest BCUT2D eigenvalue weighted by molar-refractivity contribution is -0.136. The third-order valence-electron chi connectivity index (χ3n) is 7.71. The average molecular weight is 557 g/mol. The Morgan fingerprint density at radius 3 is 2.69 bits per heavy atom. The molecule has 4 heterocycles. The Hall–Kier alpha value is -3.51. The van der Waals surface area contributed by atoms with Gasteiger partial charge >= 0.3 is 11.9 Å². The number of nitrogens with zero attached hydrogens (tertiary/aromatic N) is 6. The number of aryl methyl sites for hydroxylation is 1. The van der Waals surface area contributed by atoms with Crippen molar-refractivity contribution < 1.29 is 17.9 Å². The number of fused-ring (bicyclic) bond motifs is 1. The summed E-state index contributed by atoms with van der Waals surface area (Å²) in [5.41, 5.74) is 0.222. The first-order chi connectivity index (χ1) is 18.7. The molecule has 1 atom stereocenters. The van der Waals surface area contributed by atoms with Crippen LogP contribution in [0.25, 0.3) is 11.2 Å². The highest BCUT2D eigenvalue weighted by Gasteiger charge is 2.35. The predicted octanol–water partition coefficient (Wildman–Crippen LogP) is 4.33. The summed E-state index contributed by atoms with van der Waals surface area (Å²) >= 11 is 5.12. The number of rotatable bonds is 6. The molecule has 3 aromatic heterocycles. The van der Waals surface area contributed by atoms with Gasteiger partial charge in [0.2, 0.25) is 0 Å². The van der Waals surface area contributed by atoms with Crippen LogP contribution in [0.5, 0.6) is 0 Å². The van der Waals surface area contributed by atoms with Crippen molar-refractivity contribution in [3.63, 3.8) is 0 Å². The van der Waals surface area contributed by atoms with Crippen LogP contribution in [0.15, 0.2) is 53.8 Å². The van der Waals surface area contributed by atoms with Crippen molar-refractivity contribution in [2.45, 2.75) is 37.9 Å². The van der Waals surface area contributed by atoms with E-state index in [1.165, 1.54) is 17.0 Å². The Balaban J connectivity index is 1.43. The van der Waals surface area contributed by atoms with Crippen LogP contribution in [0.1, 0.15) is 47.7 Å². The topological polar surface area (TPSA) is 69.6 Å². The van der Waals surface area contributed by atoms with Crippen LogP contribution in [0.3, 0.4) is 0 Å². The van der Waals surface area contributed by atoms with Crippen molar-refractivity contribution in [2.24, 2.45) is 13.0 Å². The zero-order chi connectivity index (χ0) is 27.3. The van der Waals surface area contributed by atoms with Crippen LogP contribution >= 0.6 is 12.2 Å². The van der Waals surface area contributed by atoms with Crippen molar-refractivity contribution in [1.82, 2.24) is 28.6 Å². The van der Waals surface area contributed by atoms with Crippen LogP contribution in [-0.2, 0) is 24.5 Å². The molecule has 0 N–H and O–H groups in total. The molecule has 0 bridgehead atoms. The molecular weight excluding hydrogens is 529 g/mol. The fourth-order valence-corrected chi connectivity index (χ4v) is 5.85. The van der Waals surface area contributed by atoms with Crippen LogP contribution in [0.2, 0.25) is 0 Å². The number of hydrogen-bond donors (Lipinski definition) is 0. The Labute approximate surface area is 227 Å². The summed E-state index contributed by atoms with van der Waals surface area (Å²) in [6, 6.07) is 8.55. The molecule has 0 unspecified atom stereocenters. The van der Waals surface area contributed by atoms with E-state index in [2.05, 4.69) is 10.2 Å². The molecule has 8 nitrogen and oxygen atoms in total. The van der Waals surface area contributed by atoms with Gasteiger partial charge in [0.05, 0.1) is 23.3 Å². The second-order valence-corrected chi connectivity index (χ2v) is 10.7. The number of alkyl halides is 3. The molecule has 4 aromatic rings. The zero-order valence-electron chi connectivity index (χ0n) is 21.3. The minimum absolute atomic E-state index is 0.0177. The summed E-state index contributed by atoms with van der Waals surface area (Å²) in [6.07, 6.45) is 3.05. The van der Waals surface area contributed by atoms with Crippen LogP contribution in [-0.4, -0.2) is 53.4 Å². The third kappa shape index (κ3) is 4.87. The number of pyridine rings is 1. The maximum absolute atomic E-state index is 14.2. The summed E-state index contributed by atoms with van der Waals surface area (Å²) in [4.78, 5) is 15.5. The SMILES string of the molecule is Cn1cnnc1[C@@H](c1cccc(-n2cc3c(C(F)(F)F)cc(CN4CCOC(=S)C4)cn3c2=O)c1)C1CCC1. The number of aromatic nitrogens is 5. The van der Waals surface area contributed by atoms with Crippen molar-refractivity contribution in [2.75, 3.05) is 19.7 Å². The number of thiocarbonyl (C=S) groups is 1. The van der Waals surface area contributed by atoms with E-state index in [-0.39, 0.29) is 18.0 Å². The maximum Gasteiger partial charge on any atom is 0.418 e. The van der Waals surface area contributed by atoms with Crippen molar-refractivity contribution >= 4 is 22.8 Å². The van der Waals surface area contributed by atoms with Gasteiger partial charge in [0, 0.05) is 38.4 Å². The van der Waals surface area contributed by atoms with Gasteiger partial charge in [-0.3, -0.25) is 13.9 Å². The smallest absolute Gasteiger partial charge is 0.418 e. The molecule has 1 aliphatic carbocycles. The molecule has 39 heavy (non-hydrogen) atoms. The highest BCUT2D eigenvalue weighted by atomic mass is 32.1. The Kier molecular flexibility index (Phi) is 6.54. The van der Waals surface area contributed by atoms with Gasteiger partial charge in [-0.05, 0) is 60.3 Å². The molecule has 1 aliphatic heterocycles. The predicted molar refractivity (Wildman–Crippen MR) is 142 cm³/mol. The van der Waals surface area contributed by atoms with Crippen molar-refractivity contribution in [3.05, 3.63) is 82.1 Å². The van der Waals surface area contributed by atoms with Crippen molar-refractivity contribution in [1.29, 1.82) is 0 Å². The molecule has 1 saturated heterocycles. The Morgan fingerprint density at radius 1 is 1.21 bits per heavy atom. The second-order valence-electron chi connectivity index (χ2n) is 10.3. The minimum atomic E-state index is -4.64. The second kappa shape index (κ2) is 9.91. The fourth-order valence-electron chi connectivity index (χ4n) is 5.58. The standard InChI is InChI=1S/C27H27F3N6O2S/c1-33-16-31-32-25(33)24(18-4-2-5-18)19-6-3-7-20(11-19)35-14-22-21(27(28,29)30)10-17(13-36(22)26(35)37)12-34-8-9-38-23(39)15-34/h3,6-7,10-11,13-14,16,18,24H,2,4-5,8-9,12,15H2,1H3/t24-/m1/s1. The quantitative estimate of drug-likeness (QED) is 0.330. The first-order valence-corrected chi connectivity index (χ1v) is 13.3. The van der Waals surface area contributed by atoms with Gasteiger partial charge in [0.15, 0.2) is 5.05 Å². The van der Waals surface area contributed by atoms with Crippen LogP contribution < -0.4 is 5.69 Å². The number of benzene rings is 1. The fraction of sp³-hybridized carbons (Fsp3) is 0.407. The molecule has 0 amide bonds. The zero-order valence-corrected chi connectivity index (χ0v) is 22.1. The average Bonchev–Trinajstić information content (AvgIpc) is 3.43. The van der Waals surface area contributed by atoms with E-state index in [1.807, 2.05) is 34.7 Å². The molecule has 6 rings (SSSR count). The van der Waals surface area contributed by atoms with E-state index in [4.69, 9.17) is 17.0 Å². The summed E-state index contributed by atoms with van der Waals surface area (Å²) in [6.45, 7) is 1.49. The van der Waals surface area contributed by atoms with Gasteiger partial charge in [-0.25, -0.2) is 4.79 Å². The Bertz CT molecular complexity index is 1600. The number of halogens is 3. The normalized spacial score (nSPS) is 17.8. The number of ether oxygens (including phenoxy) is 1. The lowest BCUT2D eigenvalue weighted by Gasteiger charge is -2.33. The number of morpholine rings is 1. The summed E-state index contributed by atoms with van der Waals surface area (Å²) < 4.78 is 52.1. The lowest BCUT2D eigenvalue weighted by Crippen LogP contribution is -2.38. The molecule has 1 saturated carbocycles. The molecule has 1 aromatic carbocycles. The van der Waals surface area contributed by atoms with Gasteiger partial charge in [-0.15, -0.1) is 10.2 Å². The van der Waals surface area contributed by atoms with Gasteiger partial charge in [0.25, 0.3) is 0 Å². The summed E-state index contributed by atoms with van der Waals surface area (Å²) in [5.74, 6) is 1.20. The molecular formula is C27H27F3N6O2S. The third-order valence-corrected chi connectivity index (χ3v) is 7.96. The first-order valence-electron chi connectivity index (χ1n) is 12.8. The van der Waals surface area contributed by atoms with Crippen LogP contribution in [0.4, 0.5) is 13.2 Å². The summed E-state index contributed by atoms with van der Waals surface area (Å²) in [5, 5.41) is 8.80. The van der Waals surface area contributed by atoms with Gasteiger partial charge in [-0.2, -0.15) is 13.2 Å². The van der Waals surface area contributed by atoms with E-state index < -0.39 is 17.4 Å². The number of hydrogen-bond acceptors (Lipinski definition) is 6. The van der Waals surface area contributed by atoms with E-state index >= 15 is 0 Å². The van der Waals surface area contributed by atoms with E-state index in [1.54, 1.807) is 12.4 Å². The molecule has 0 radical (unpaired) electrons. The molecule has 204 valence electrons. The van der Waals surface area contributed by atoms with E-state index in [0.29, 0.717) is 41.9 Å². The van der Waals surface area contributed by atoms with Gasteiger partial charge in [-0.1, -0.05) is 18.6 Å². The highest BCUT2D eigenvalue weighted by molar-refractivity contribution is 7.80. The molecule has 2 fully saturated rings. The van der Waals surface area contributed by atoms with Crippen LogP contribution in [0, 0.1) is 5.92 Å². The van der Waals surface area contributed by atoms with Gasteiger partial charge in [0.1, 0.15) is 18.8 Å². The summed E-state index contributed by atoms with van der Waals surface area (Å²) in [7, 11) is 1.90. The molecule has 0 spiro atoms. The lowest BCUT2D eigenvalue weighted by atomic mass is 9.72. The van der Waals surface area contributed by atoms with E-state index in [0.717, 1.165) is 41.1 Å². The Morgan fingerprint density at radius 2 is 2.03 bits per heavy atom.